The monoisotopic (exact) mass is 203 g/mol. The zero-order valence-corrected chi connectivity index (χ0v) is 9.33. The Balaban J connectivity index is 2.21. The Kier molecular flexibility index (Phi) is 2.99. The molecule has 0 aliphatic carbocycles. The highest BCUT2D eigenvalue weighted by Crippen LogP contribution is 2.17. The van der Waals surface area contributed by atoms with E-state index in [-0.39, 0.29) is 0 Å². The van der Waals surface area contributed by atoms with Crippen LogP contribution in [0, 0.1) is 0 Å². The highest BCUT2D eigenvalue weighted by Gasteiger charge is 2.12. The van der Waals surface area contributed by atoms with Gasteiger partial charge in [0.2, 0.25) is 0 Å². The van der Waals surface area contributed by atoms with Crippen LogP contribution in [0.3, 0.4) is 0 Å². The first kappa shape index (κ1) is 10.1. The predicted molar refractivity (Wildman–Crippen MR) is 63.6 cm³/mol. The van der Waals surface area contributed by atoms with Gasteiger partial charge in [-0.25, -0.2) is 4.98 Å². The maximum absolute atomic E-state index is 4.66. The first-order valence-electron chi connectivity index (χ1n) is 5.50. The molecule has 0 saturated heterocycles. The minimum atomic E-state index is 0.470. The number of hydrogen-bond donors (Lipinski definition) is 1. The molecule has 80 valence electrons. The van der Waals surface area contributed by atoms with Crippen molar-refractivity contribution >= 4 is 11.5 Å². The Hall–Kier alpha value is -1.38. The van der Waals surface area contributed by atoms with Gasteiger partial charge >= 0.3 is 0 Å². The molecule has 1 aliphatic rings. The van der Waals surface area contributed by atoms with E-state index in [9.17, 15) is 0 Å². The number of nitrogens with one attached hydrogen (secondary N) is 1. The lowest BCUT2D eigenvalue weighted by molar-refractivity contribution is 0.610. The summed E-state index contributed by atoms with van der Waals surface area (Å²) in [5, 5.41) is 3.01. The molecule has 1 atom stereocenters. The van der Waals surface area contributed by atoms with Gasteiger partial charge in [-0.2, -0.15) is 0 Å². The van der Waals surface area contributed by atoms with E-state index >= 15 is 0 Å². The molecule has 0 aromatic carbocycles. The fraction of sp³-hybridized carbons (Fsp3) is 0.500. The molecular formula is C12H17N3. The second kappa shape index (κ2) is 4.43. The van der Waals surface area contributed by atoms with Crippen LogP contribution in [0.2, 0.25) is 0 Å². The lowest BCUT2D eigenvalue weighted by Gasteiger charge is -2.17. The Morgan fingerprint density at radius 2 is 2.27 bits per heavy atom. The van der Waals surface area contributed by atoms with E-state index in [1.54, 1.807) is 0 Å². The topological polar surface area (TPSA) is 37.3 Å². The van der Waals surface area contributed by atoms with Crippen molar-refractivity contribution in [3.63, 3.8) is 0 Å². The van der Waals surface area contributed by atoms with Crippen molar-refractivity contribution in [2.45, 2.75) is 32.2 Å². The molecule has 3 nitrogen and oxygen atoms in total. The molecule has 1 aliphatic heterocycles. The molecular weight excluding hydrogens is 186 g/mol. The summed E-state index contributed by atoms with van der Waals surface area (Å²) < 4.78 is 0. The number of aromatic nitrogens is 1. The van der Waals surface area contributed by atoms with Gasteiger partial charge in [0.05, 0.1) is 0 Å². The summed E-state index contributed by atoms with van der Waals surface area (Å²) in [5.41, 5.74) is 2.38. The number of nitrogens with zero attached hydrogens (tertiary/aromatic N) is 2. The fourth-order valence-corrected chi connectivity index (χ4v) is 1.89. The third kappa shape index (κ3) is 2.35. The smallest absolute Gasteiger partial charge is 0.125 e. The van der Waals surface area contributed by atoms with Crippen molar-refractivity contribution in [1.82, 2.24) is 4.98 Å². The number of rotatable bonds is 2. The van der Waals surface area contributed by atoms with E-state index in [1.165, 1.54) is 24.1 Å². The maximum atomic E-state index is 4.66. The van der Waals surface area contributed by atoms with Gasteiger partial charge in [0.15, 0.2) is 0 Å². The molecule has 1 aromatic rings. The van der Waals surface area contributed by atoms with Gasteiger partial charge in [0, 0.05) is 30.6 Å². The lowest BCUT2D eigenvalue weighted by atomic mass is 10.00. The summed E-state index contributed by atoms with van der Waals surface area (Å²) in [6.07, 6.45) is 5.45. The average molecular weight is 203 g/mol. The van der Waals surface area contributed by atoms with Crippen molar-refractivity contribution < 1.29 is 0 Å². The van der Waals surface area contributed by atoms with E-state index in [4.69, 9.17) is 0 Å². The summed E-state index contributed by atoms with van der Waals surface area (Å²) >= 11 is 0. The third-order valence-corrected chi connectivity index (χ3v) is 2.76. The zero-order valence-electron chi connectivity index (χ0n) is 9.33. The Bertz CT molecular complexity index is 354. The van der Waals surface area contributed by atoms with Crippen LogP contribution in [0.25, 0.3) is 0 Å². The molecule has 0 saturated carbocycles. The maximum Gasteiger partial charge on any atom is 0.125 e. The Morgan fingerprint density at radius 3 is 2.87 bits per heavy atom. The molecule has 0 amide bonds. The standard InChI is InChI=1S/C12H17N3/c1-9-4-3-5-11(15-9)10-6-7-12(13-2)14-8-10/h6-9H,3-5H2,1-2H3,(H,13,14). The molecule has 0 fully saturated rings. The number of aliphatic imine (C=N–C) groups is 1. The molecule has 0 radical (unpaired) electrons. The molecule has 3 heteroatoms. The third-order valence-electron chi connectivity index (χ3n) is 2.76. The van der Waals surface area contributed by atoms with Crippen molar-refractivity contribution in [2.24, 2.45) is 4.99 Å². The molecule has 2 heterocycles. The molecule has 1 aromatic heterocycles. The van der Waals surface area contributed by atoms with Crippen LogP contribution in [-0.4, -0.2) is 23.8 Å². The molecule has 2 rings (SSSR count). The Morgan fingerprint density at radius 1 is 1.40 bits per heavy atom. The molecule has 1 N–H and O–H groups in total. The van der Waals surface area contributed by atoms with Crippen LogP contribution >= 0.6 is 0 Å². The normalized spacial score (nSPS) is 20.9. The quantitative estimate of drug-likeness (QED) is 0.801. The average Bonchev–Trinajstić information content (AvgIpc) is 2.29. The van der Waals surface area contributed by atoms with Crippen molar-refractivity contribution in [3.8, 4) is 0 Å². The zero-order chi connectivity index (χ0) is 10.7. The van der Waals surface area contributed by atoms with E-state index in [0.29, 0.717) is 6.04 Å². The van der Waals surface area contributed by atoms with Crippen LogP contribution in [0.4, 0.5) is 5.82 Å². The summed E-state index contributed by atoms with van der Waals surface area (Å²) in [7, 11) is 1.88. The van der Waals surface area contributed by atoms with Crippen molar-refractivity contribution in [1.29, 1.82) is 0 Å². The van der Waals surface area contributed by atoms with Gasteiger partial charge in [-0.3, -0.25) is 4.99 Å². The van der Waals surface area contributed by atoms with Crippen molar-refractivity contribution in [2.75, 3.05) is 12.4 Å². The van der Waals surface area contributed by atoms with Crippen molar-refractivity contribution in [3.05, 3.63) is 23.9 Å². The van der Waals surface area contributed by atoms with E-state index in [2.05, 4.69) is 28.3 Å². The molecule has 0 spiro atoms. The van der Waals surface area contributed by atoms with Gasteiger partial charge in [0.25, 0.3) is 0 Å². The first-order chi connectivity index (χ1) is 7.29. The van der Waals surface area contributed by atoms with Gasteiger partial charge in [-0.05, 0) is 38.3 Å². The molecule has 1 unspecified atom stereocenters. The summed E-state index contributed by atoms with van der Waals surface area (Å²) in [6.45, 7) is 2.18. The van der Waals surface area contributed by atoms with Crippen LogP contribution in [0.15, 0.2) is 23.3 Å². The SMILES string of the molecule is CNc1ccc(C2=NC(C)CCC2)cn1. The summed E-state index contributed by atoms with van der Waals surface area (Å²) in [5.74, 6) is 0.906. The van der Waals surface area contributed by atoms with Gasteiger partial charge < -0.3 is 5.32 Å². The minimum absolute atomic E-state index is 0.470. The van der Waals surface area contributed by atoms with Gasteiger partial charge in [-0.15, -0.1) is 0 Å². The second-order valence-electron chi connectivity index (χ2n) is 4.00. The number of hydrogen-bond acceptors (Lipinski definition) is 3. The van der Waals surface area contributed by atoms with Gasteiger partial charge in [0.1, 0.15) is 5.82 Å². The van der Waals surface area contributed by atoms with E-state index < -0.39 is 0 Å². The predicted octanol–water partition coefficient (Wildman–Crippen LogP) is 2.48. The minimum Gasteiger partial charge on any atom is -0.373 e. The largest absolute Gasteiger partial charge is 0.373 e. The lowest BCUT2D eigenvalue weighted by Crippen LogP contribution is -2.13. The number of anilines is 1. The summed E-state index contributed by atoms with van der Waals surface area (Å²) in [4.78, 5) is 8.97. The molecule has 15 heavy (non-hydrogen) atoms. The molecule has 0 bridgehead atoms. The van der Waals surface area contributed by atoms with Crippen LogP contribution in [-0.2, 0) is 0 Å². The van der Waals surface area contributed by atoms with E-state index in [1.807, 2.05) is 19.3 Å². The van der Waals surface area contributed by atoms with Crippen LogP contribution in [0.1, 0.15) is 31.7 Å². The Labute approximate surface area is 90.6 Å². The highest BCUT2D eigenvalue weighted by molar-refractivity contribution is 6.00. The highest BCUT2D eigenvalue weighted by atomic mass is 14.9. The van der Waals surface area contributed by atoms with Crippen LogP contribution in [0.5, 0.6) is 0 Å². The summed E-state index contributed by atoms with van der Waals surface area (Å²) in [6, 6.07) is 4.56. The number of pyridine rings is 1. The fourth-order valence-electron chi connectivity index (χ4n) is 1.89. The van der Waals surface area contributed by atoms with E-state index in [0.717, 1.165) is 12.2 Å². The first-order valence-corrected chi connectivity index (χ1v) is 5.50. The van der Waals surface area contributed by atoms with Gasteiger partial charge in [-0.1, -0.05) is 0 Å². The van der Waals surface area contributed by atoms with Crippen LogP contribution < -0.4 is 5.32 Å². The second-order valence-corrected chi connectivity index (χ2v) is 4.00.